The van der Waals surface area contributed by atoms with Gasteiger partial charge in [0.2, 0.25) is 0 Å². The zero-order valence-corrected chi connectivity index (χ0v) is 20.0. The van der Waals surface area contributed by atoms with Gasteiger partial charge in [-0.25, -0.2) is 20.2 Å². The molecule has 2 aliphatic heterocycles. The molecule has 36 heavy (non-hydrogen) atoms. The number of carboxylic acids is 2. The first-order chi connectivity index (χ1) is 17.3. The summed E-state index contributed by atoms with van der Waals surface area (Å²) in [5.74, 6) is 4.55. The summed E-state index contributed by atoms with van der Waals surface area (Å²) in [6.07, 6.45) is 6.24. The molecule has 0 fully saturated rings. The van der Waals surface area contributed by atoms with E-state index in [1.165, 1.54) is 21.5 Å². The molecule has 0 saturated heterocycles. The Morgan fingerprint density at radius 1 is 1.17 bits per heavy atom. The van der Waals surface area contributed by atoms with Gasteiger partial charge >= 0.3 is 11.9 Å². The Labute approximate surface area is 212 Å². The second kappa shape index (κ2) is 10.8. The summed E-state index contributed by atoms with van der Waals surface area (Å²) in [6.45, 7) is 2.80. The first kappa shape index (κ1) is 25.2. The molecule has 10 heteroatoms. The number of hydrogen-bond donors (Lipinski definition) is 4. The molecule has 0 radical (unpaired) electrons. The van der Waals surface area contributed by atoms with E-state index in [0.29, 0.717) is 5.70 Å². The molecule has 9 nitrogen and oxygen atoms in total. The van der Waals surface area contributed by atoms with Crippen molar-refractivity contribution < 1.29 is 24.6 Å². The lowest BCUT2D eigenvalue weighted by molar-refractivity contribution is -0.159. The van der Waals surface area contributed by atoms with Crippen molar-refractivity contribution in [1.82, 2.24) is 9.88 Å². The van der Waals surface area contributed by atoms with Crippen molar-refractivity contribution in [1.29, 1.82) is 0 Å². The molecule has 3 aromatic rings. The second-order valence-electron chi connectivity index (χ2n) is 8.54. The summed E-state index contributed by atoms with van der Waals surface area (Å²) in [7, 11) is 0. The summed E-state index contributed by atoms with van der Waals surface area (Å²) in [4.78, 5) is 35.5. The molecule has 0 amide bonds. The van der Waals surface area contributed by atoms with E-state index in [1.807, 2.05) is 30.3 Å². The Kier molecular flexibility index (Phi) is 7.57. The number of carbonyl (C=O) groups is 2. The fraction of sp³-hybridized carbons (Fsp3) is 0.231. The number of nitrogens with one attached hydrogen (secondary N) is 1. The molecular weight excluding hydrogens is 484 g/mol. The number of para-hydroxylation sites is 1. The number of anilines is 1. The lowest BCUT2D eigenvalue weighted by Gasteiger charge is -2.27. The Hall–Kier alpha value is -3.88. The van der Waals surface area contributed by atoms with Crippen LogP contribution in [-0.2, 0) is 14.4 Å². The Bertz CT molecular complexity index is 1380. The number of H-pyrrole nitrogens is 1. The Morgan fingerprint density at radius 3 is 2.58 bits per heavy atom. The summed E-state index contributed by atoms with van der Waals surface area (Å²) >= 11 is 6.10. The zero-order chi connectivity index (χ0) is 25.8. The van der Waals surface area contributed by atoms with Gasteiger partial charge in [-0.2, -0.15) is 0 Å². The second-order valence-corrected chi connectivity index (χ2v) is 8.98. The van der Waals surface area contributed by atoms with Crippen LogP contribution in [0.5, 0.6) is 0 Å². The molecule has 5 rings (SSSR count). The molecule has 1 unspecified atom stereocenters. The Morgan fingerprint density at radius 2 is 1.92 bits per heavy atom. The standard InChI is InChI=1S/C24H23ClN4O.C2H2O4/c25-17-5-6-18-21(14-27-22(18)13-17)16-7-10-28(11-8-16)12-9-20-19-3-1-2-4-23(19)29(26)24(20)15-30;3-1(4)2(5)6/h1-7,13-14,20,27H,8-12,26H2;(H,3,4)(H,5,6). The van der Waals surface area contributed by atoms with E-state index in [4.69, 9.17) is 37.2 Å². The van der Waals surface area contributed by atoms with E-state index in [1.54, 1.807) is 0 Å². The van der Waals surface area contributed by atoms with Crippen molar-refractivity contribution in [2.45, 2.75) is 18.8 Å². The number of aliphatic carboxylic acids is 2. The maximum absolute atomic E-state index is 11.5. The van der Waals surface area contributed by atoms with E-state index >= 15 is 0 Å². The van der Waals surface area contributed by atoms with E-state index in [2.05, 4.69) is 40.2 Å². The minimum Gasteiger partial charge on any atom is -0.473 e. The molecule has 186 valence electrons. The van der Waals surface area contributed by atoms with Gasteiger partial charge in [-0.1, -0.05) is 41.9 Å². The van der Waals surface area contributed by atoms with Crippen LogP contribution in [0.25, 0.3) is 16.5 Å². The lowest BCUT2D eigenvalue weighted by Crippen LogP contribution is -2.31. The molecule has 0 saturated carbocycles. The highest BCUT2D eigenvalue weighted by Gasteiger charge is 2.33. The van der Waals surface area contributed by atoms with Crippen LogP contribution in [0.3, 0.4) is 0 Å². The van der Waals surface area contributed by atoms with Crippen LogP contribution < -0.4 is 10.9 Å². The number of aromatic nitrogens is 1. The van der Waals surface area contributed by atoms with E-state index in [9.17, 15) is 4.79 Å². The number of carboxylic acid groups (broad SMARTS) is 2. The molecule has 0 bridgehead atoms. The molecule has 2 aliphatic rings. The van der Waals surface area contributed by atoms with Crippen molar-refractivity contribution in [3.8, 4) is 0 Å². The van der Waals surface area contributed by atoms with Crippen molar-refractivity contribution in [2.75, 3.05) is 24.6 Å². The summed E-state index contributed by atoms with van der Waals surface area (Å²) in [6, 6.07) is 13.9. The van der Waals surface area contributed by atoms with Gasteiger partial charge in [0.15, 0.2) is 0 Å². The fourth-order valence-electron chi connectivity index (χ4n) is 4.69. The number of allylic oxidation sites excluding steroid dienone is 1. The third kappa shape index (κ3) is 5.19. The minimum absolute atomic E-state index is 0.00689. The molecule has 0 aliphatic carbocycles. The smallest absolute Gasteiger partial charge is 0.414 e. The number of hydrogen-bond acceptors (Lipinski definition) is 6. The van der Waals surface area contributed by atoms with Crippen LogP contribution in [0.15, 0.2) is 60.4 Å². The third-order valence-corrected chi connectivity index (χ3v) is 6.70. The Balaban J connectivity index is 0.000000455. The van der Waals surface area contributed by atoms with Crippen LogP contribution in [0.4, 0.5) is 5.69 Å². The summed E-state index contributed by atoms with van der Waals surface area (Å²) < 4.78 is 0. The topological polar surface area (TPSA) is 140 Å². The molecular formula is C26H25ClN4O5. The molecule has 1 aromatic heterocycles. The molecule has 1 atom stereocenters. The van der Waals surface area contributed by atoms with Gasteiger partial charge in [-0.3, -0.25) is 9.91 Å². The quantitative estimate of drug-likeness (QED) is 0.238. The van der Waals surface area contributed by atoms with Gasteiger partial charge in [0.05, 0.1) is 5.69 Å². The van der Waals surface area contributed by atoms with Crippen LogP contribution >= 0.6 is 11.6 Å². The maximum atomic E-state index is 11.5. The van der Waals surface area contributed by atoms with Gasteiger partial charge in [-0.15, -0.1) is 0 Å². The molecule has 3 heterocycles. The number of rotatable bonds is 4. The first-order valence-electron chi connectivity index (χ1n) is 11.3. The van der Waals surface area contributed by atoms with Crippen molar-refractivity contribution in [2.24, 2.45) is 5.84 Å². The number of benzene rings is 2. The average Bonchev–Trinajstić information content (AvgIpc) is 3.41. The van der Waals surface area contributed by atoms with Crippen LogP contribution in [0.1, 0.15) is 29.9 Å². The maximum Gasteiger partial charge on any atom is 0.414 e. The predicted molar refractivity (Wildman–Crippen MR) is 137 cm³/mol. The minimum atomic E-state index is -1.82. The van der Waals surface area contributed by atoms with Crippen molar-refractivity contribution in [3.63, 3.8) is 0 Å². The van der Waals surface area contributed by atoms with Crippen LogP contribution in [0.2, 0.25) is 5.02 Å². The highest BCUT2D eigenvalue weighted by atomic mass is 35.5. The van der Waals surface area contributed by atoms with Crippen LogP contribution in [0, 0.1) is 0 Å². The number of hydrazine groups is 1. The highest BCUT2D eigenvalue weighted by molar-refractivity contribution is 6.31. The first-order valence-corrected chi connectivity index (χ1v) is 11.7. The molecule has 0 spiro atoms. The highest BCUT2D eigenvalue weighted by Crippen LogP contribution is 2.42. The monoisotopic (exact) mass is 508 g/mol. The van der Waals surface area contributed by atoms with E-state index in [0.717, 1.165) is 54.3 Å². The van der Waals surface area contributed by atoms with E-state index in [-0.39, 0.29) is 5.92 Å². The summed E-state index contributed by atoms with van der Waals surface area (Å²) in [5, 5.41) is 18.2. The van der Waals surface area contributed by atoms with Crippen molar-refractivity contribution in [3.05, 3.63) is 76.6 Å². The van der Waals surface area contributed by atoms with Gasteiger partial charge in [0.1, 0.15) is 11.6 Å². The summed E-state index contributed by atoms with van der Waals surface area (Å²) in [5.41, 5.74) is 6.25. The molecule has 2 aromatic carbocycles. The number of halogens is 1. The number of nitrogens with zero attached hydrogens (tertiary/aromatic N) is 2. The largest absolute Gasteiger partial charge is 0.473 e. The molecule has 5 N–H and O–H groups in total. The van der Waals surface area contributed by atoms with Gasteiger partial charge in [-0.05, 0) is 48.7 Å². The van der Waals surface area contributed by atoms with E-state index < -0.39 is 11.9 Å². The number of carbonyl (C=O) groups excluding carboxylic acids is 1. The zero-order valence-electron chi connectivity index (χ0n) is 19.3. The SMILES string of the molecule is NN1C(=C=O)C(CCN2CC=C(c3c[nH]c4cc(Cl)ccc34)CC2)c2ccccc21.O=C(O)C(=O)O. The predicted octanol–water partition coefficient (Wildman–Crippen LogP) is 3.65. The van der Waals surface area contributed by atoms with Gasteiger partial charge in [0.25, 0.3) is 0 Å². The van der Waals surface area contributed by atoms with Crippen molar-refractivity contribution >= 4 is 51.6 Å². The van der Waals surface area contributed by atoms with Crippen LogP contribution in [-0.4, -0.2) is 57.6 Å². The number of aromatic amines is 1. The lowest BCUT2D eigenvalue weighted by atomic mass is 9.94. The van der Waals surface area contributed by atoms with Gasteiger partial charge < -0.3 is 15.2 Å². The number of nitrogens with two attached hydrogens (primary N) is 1. The normalized spacial score (nSPS) is 17.2. The van der Waals surface area contributed by atoms with Gasteiger partial charge in [0, 0.05) is 46.7 Å². The third-order valence-electron chi connectivity index (χ3n) is 6.47. The fourth-order valence-corrected chi connectivity index (χ4v) is 4.87. The number of fused-ring (bicyclic) bond motifs is 2. The average molecular weight is 509 g/mol.